The molecule has 0 fully saturated rings. The normalized spacial score (nSPS) is 11.2. The van der Waals surface area contributed by atoms with Crippen LogP contribution in [-0.4, -0.2) is 41.2 Å². The number of hydrogen-bond acceptors (Lipinski definition) is 9. The molecule has 0 aliphatic rings. The van der Waals surface area contributed by atoms with Crippen molar-refractivity contribution in [3.63, 3.8) is 0 Å². The number of imidazole rings is 1. The van der Waals surface area contributed by atoms with E-state index >= 15 is 0 Å². The molecule has 0 spiro atoms. The van der Waals surface area contributed by atoms with E-state index in [4.69, 9.17) is 4.74 Å². The van der Waals surface area contributed by atoms with Gasteiger partial charge in [-0.25, -0.2) is 18.2 Å². The number of benzene rings is 1. The molecule has 170 valence electrons. The number of carbonyl (C=O) groups is 1. The molecule has 0 aliphatic carbocycles. The molecule has 3 aromatic heterocycles. The van der Waals surface area contributed by atoms with E-state index in [-0.39, 0.29) is 15.7 Å². The third kappa shape index (κ3) is 4.71. The fraction of sp³-hybridized carbons (Fsp3) is 0.143. The van der Waals surface area contributed by atoms with Gasteiger partial charge in [0.05, 0.1) is 12.8 Å². The van der Waals surface area contributed by atoms with Gasteiger partial charge in [0.15, 0.2) is 5.82 Å². The van der Waals surface area contributed by atoms with Gasteiger partial charge >= 0.3 is 5.97 Å². The second-order valence-corrected chi connectivity index (χ2v) is 9.42. The zero-order chi connectivity index (χ0) is 23.6. The number of carbonyl (C=O) groups excluding carboxylic acids is 1. The number of methoxy groups -OCH3 is 1. The first-order valence-electron chi connectivity index (χ1n) is 9.59. The van der Waals surface area contributed by atoms with E-state index in [0.717, 1.165) is 22.7 Å². The van der Waals surface area contributed by atoms with Crippen molar-refractivity contribution < 1.29 is 22.7 Å². The lowest BCUT2D eigenvalue weighted by Gasteiger charge is -2.10. The summed E-state index contributed by atoms with van der Waals surface area (Å²) in [6, 6.07) is 11.0. The molecule has 0 aliphatic heterocycles. The average molecular weight is 486 g/mol. The van der Waals surface area contributed by atoms with Crippen LogP contribution in [0.4, 0.5) is 5.69 Å². The smallest absolute Gasteiger partial charge is 0.349 e. The highest BCUT2D eigenvalue weighted by molar-refractivity contribution is 7.93. The van der Waals surface area contributed by atoms with Crippen LogP contribution in [0.2, 0.25) is 0 Å². The number of hydrogen-bond donors (Lipinski definition) is 1. The summed E-state index contributed by atoms with van der Waals surface area (Å²) in [5.74, 6) is 0.632. The van der Waals surface area contributed by atoms with Crippen molar-refractivity contribution in [2.75, 3.05) is 11.8 Å². The Morgan fingerprint density at radius 3 is 2.42 bits per heavy atom. The Balaban J connectivity index is 1.45. The predicted octanol–water partition coefficient (Wildman–Crippen LogP) is 3.72. The highest BCUT2D eigenvalue weighted by atomic mass is 32.2. The molecule has 10 nitrogen and oxygen atoms in total. The number of sulfonamides is 1. The van der Waals surface area contributed by atoms with E-state index in [0.29, 0.717) is 17.3 Å². The number of thiophene rings is 1. The summed E-state index contributed by atoms with van der Waals surface area (Å²) >= 11 is 0.993. The number of aryl methyl sites for hydroxylation is 1. The summed E-state index contributed by atoms with van der Waals surface area (Å²) in [7, 11) is -2.77. The molecule has 0 atom stereocenters. The number of esters is 1. The SMILES string of the molecule is COC(=O)c1sccc1S(=O)(=O)Nc1ccc(Oc2ccc(-n3cnc(C)c3C)nn2)cc1. The van der Waals surface area contributed by atoms with E-state index in [2.05, 4.69) is 24.6 Å². The molecule has 0 saturated heterocycles. The molecular weight excluding hydrogens is 466 g/mol. The molecule has 4 aromatic rings. The Labute approximate surface area is 193 Å². The Morgan fingerprint density at radius 1 is 1.06 bits per heavy atom. The maximum atomic E-state index is 12.7. The van der Waals surface area contributed by atoms with E-state index in [1.807, 2.05) is 18.4 Å². The van der Waals surface area contributed by atoms with Crippen LogP contribution in [0, 0.1) is 13.8 Å². The average Bonchev–Trinajstić information content (AvgIpc) is 3.43. The predicted molar refractivity (Wildman–Crippen MR) is 122 cm³/mol. The highest BCUT2D eigenvalue weighted by Crippen LogP contribution is 2.27. The number of aromatic nitrogens is 4. The van der Waals surface area contributed by atoms with Gasteiger partial charge in [-0.3, -0.25) is 9.29 Å². The molecule has 1 N–H and O–H groups in total. The van der Waals surface area contributed by atoms with Crippen molar-refractivity contribution in [2.24, 2.45) is 0 Å². The van der Waals surface area contributed by atoms with Crippen LogP contribution in [0.15, 0.2) is 59.1 Å². The van der Waals surface area contributed by atoms with Gasteiger partial charge in [-0.2, -0.15) is 0 Å². The van der Waals surface area contributed by atoms with E-state index in [1.165, 1.54) is 30.7 Å². The summed E-state index contributed by atoms with van der Waals surface area (Å²) in [4.78, 5) is 15.9. The summed E-state index contributed by atoms with van der Waals surface area (Å²) in [5, 5.41) is 9.75. The molecule has 1 aromatic carbocycles. The molecule has 0 saturated carbocycles. The Hall–Kier alpha value is -3.77. The Kier molecular flexibility index (Phi) is 6.11. The third-order valence-corrected chi connectivity index (χ3v) is 7.19. The lowest BCUT2D eigenvalue weighted by Crippen LogP contribution is -2.15. The van der Waals surface area contributed by atoms with Gasteiger partial charge in [-0.1, -0.05) is 0 Å². The quantitative estimate of drug-likeness (QED) is 0.393. The van der Waals surface area contributed by atoms with Gasteiger partial charge in [-0.05, 0) is 55.6 Å². The second kappa shape index (κ2) is 9.00. The molecule has 12 heteroatoms. The molecule has 0 amide bonds. The Bertz CT molecular complexity index is 1390. The largest absolute Gasteiger partial charge is 0.465 e. The van der Waals surface area contributed by atoms with Crippen LogP contribution in [0.1, 0.15) is 21.1 Å². The van der Waals surface area contributed by atoms with Crippen LogP contribution in [0.3, 0.4) is 0 Å². The monoisotopic (exact) mass is 485 g/mol. The molecular formula is C21H19N5O5S2. The summed E-state index contributed by atoms with van der Waals surface area (Å²) in [6.45, 7) is 3.86. The standard InChI is InChI=1S/C21H19N5O5S2/c1-13-14(2)26(12-22-13)18-8-9-19(24-23-18)31-16-6-4-15(5-7-16)25-33(28,29)17-10-11-32-20(17)21(27)30-3/h4-12,25H,1-3H3. The van der Waals surface area contributed by atoms with Crippen LogP contribution in [0.25, 0.3) is 5.82 Å². The Morgan fingerprint density at radius 2 is 1.82 bits per heavy atom. The van der Waals surface area contributed by atoms with Gasteiger partial charge in [0, 0.05) is 17.4 Å². The second-order valence-electron chi connectivity index (χ2n) is 6.85. The van der Waals surface area contributed by atoms with Gasteiger partial charge in [0.25, 0.3) is 10.0 Å². The van der Waals surface area contributed by atoms with Gasteiger partial charge in [-0.15, -0.1) is 21.5 Å². The van der Waals surface area contributed by atoms with Crippen molar-refractivity contribution in [2.45, 2.75) is 18.7 Å². The minimum atomic E-state index is -3.97. The van der Waals surface area contributed by atoms with Crippen LogP contribution in [-0.2, 0) is 14.8 Å². The first-order valence-corrected chi connectivity index (χ1v) is 12.0. The van der Waals surface area contributed by atoms with Gasteiger partial charge < -0.3 is 9.47 Å². The van der Waals surface area contributed by atoms with Crippen molar-refractivity contribution in [3.8, 4) is 17.4 Å². The van der Waals surface area contributed by atoms with Crippen molar-refractivity contribution in [1.82, 2.24) is 19.7 Å². The fourth-order valence-corrected chi connectivity index (χ4v) is 5.29. The van der Waals surface area contributed by atoms with Crippen molar-refractivity contribution in [3.05, 3.63) is 70.4 Å². The number of anilines is 1. The first-order chi connectivity index (χ1) is 15.8. The number of ether oxygens (including phenoxy) is 2. The molecule has 0 unspecified atom stereocenters. The third-order valence-electron chi connectivity index (χ3n) is 4.74. The first kappa shape index (κ1) is 22.4. The van der Waals surface area contributed by atoms with Crippen LogP contribution < -0.4 is 9.46 Å². The highest BCUT2D eigenvalue weighted by Gasteiger charge is 2.24. The zero-order valence-electron chi connectivity index (χ0n) is 17.8. The molecule has 33 heavy (non-hydrogen) atoms. The minimum absolute atomic E-state index is 0.00743. The zero-order valence-corrected chi connectivity index (χ0v) is 19.5. The van der Waals surface area contributed by atoms with Crippen LogP contribution in [0.5, 0.6) is 11.6 Å². The van der Waals surface area contributed by atoms with Crippen molar-refractivity contribution >= 4 is 33.0 Å². The number of rotatable bonds is 7. The van der Waals surface area contributed by atoms with E-state index in [1.54, 1.807) is 30.6 Å². The maximum absolute atomic E-state index is 12.7. The molecule has 4 rings (SSSR count). The fourth-order valence-electron chi connectivity index (χ4n) is 2.90. The lowest BCUT2D eigenvalue weighted by atomic mass is 10.3. The van der Waals surface area contributed by atoms with Gasteiger partial charge in [0.1, 0.15) is 21.8 Å². The summed E-state index contributed by atoms with van der Waals surface area (Å²) in [6.07, 6.45) is 1.68. The van der Waals surface area contributed by atoms with Crippen molar-refractivity contribution in [1.29, 1.82) is 0 Å². The topological polar surface area (TPSA) is 125 Å². The van der Waals surface area contributed by atoms with Gasteiger partial charge in [0.2, 0.25) is 5.88 Å². The molecule has 0 radical (unpaired) electrons. The van der Waals surface area contributed by atoms with Crippen LogP contribution >= 0.6 is 11.3 Å². The lowest BCUT2D eigenvalue weighted by molar-refractivity contribution is 0.0602. The van der Waals surface area contributed by atoms with E-state index < -0.39 is 16.0 Å². The van der Waals surface area contributed by atoms with E-state index in [9.17, 15) is 13.2 Å². The molecule has 3 heterocycles. The number of nitrogens with zero attached hydrogens (tertiary/aromatic N) is 4. The maximum Gasteiger partial charge on any atom is 0.349 e. The number of nitrogens with one attached hydrogen (secondary N) is 1. The minimum Gasteiger partial charge on any atom is -0.465 e. The summed E-state index contributed by atoms with van der Waals surface area (Å²) in [5.41, 5.74) is 2.18. The summed E-state index contributed by atoms with van der Waals surface area (Å²) < 4.78 is 40.0. The molecule has 0 bridgehead atoms.